The predicted molar refractivity (Wildman–Crippen MR) is 103 cm³/mol. The summed E-state index contributed by atoms with van der Waals surface area (Å²) in [6.45, 7) is 2.66. The highest BCUT2D eigenvalue weighted by Gasteiger charge is 2.17. The van der Waals surface area contributed by atoms with E-state index in [1.54, 1.807) is 17.7 Å². The van der Waals surface area contributed by atoms with Crippen molar-refractivity contribution in [1.82, 2.24) is 28.7 Å². The molecule has 0 bridgehead atoms. The lowest BCUT2D eigenvalue weighted by Crippen LogP contribution is -2.31. The molecule has 4 heterocycles. The van der Waals surface area contributed by atoms with Gasteiger partial charge in [0.2, 0.25) is 0 Å². The Morgan fingerprint density at radius 3 is 2.85 bits per heavy atom. The normalized spacial score (nSPS) is 11.6. The molecule has 0 aliphatic carbocycles. The minimum Gasteiger partial charge on any atom is -0.324 e. The van der Waals surface area contributed by atoms with Gasteiger partial charge in [-0.3, -0.25) is 23.7 Å². The lowest BCUT2D eigenvalue weighted by molar-refractivity contribution is 0.612. The van der Waals surface area contributed by atoms with Gasteiger partial charge in [0, 0.05) is 13.6 Å². The predicted octanol–water partition coefficient (Wildman–Crippen LogP) is 1.04. The van der Waals surface area contributed by atoms with Crippen molar-refractivity contribution in [2.24, 2.45) is 7.05 Å². The van der Waals surface area contributed by atoms with Gasteiger partial charge in [-0.2, -0.15) is 0 Å². The average Bonchev–Trinajstić information content (AvgIpc) is 3.23. The Kier molecular flexibility index (Phi) is 4.27. The summed E-state index contributed by atoms with van der Waals surface area (Å²) in [6.07, 6.45) is 3.19. The number of aromatic amines is 1. The SMILES string of the molecule is CCCCn1c(=O)[nH]c(=O)c2c1nc(Cn1cnc3sccc3c1=O)n2C. The van der Waals surface area contributed by atoms with E-state index in [2.05, 4.69) is 15.0 Å². The van der Waals surface area contributed by atoms with E-state index in [-0.39, 0.29) is 12.1 Å². The first-order valence-corrected chi connectivity index (χ1v) is 9.50. The Labute approximate surface area is 156 Å². The summed E-state index contributed by atoms with van der Waals surface area (Å²) in [5.74, 6) is 0.504. The molecule has 4 rings (SSSR count). The molecule has 0 radical (unpaired) electrons. The largest absolute Gasteiger partial charge is 0.330 e. The Bertz CT molecular complexity index is 1320. The molecule has 0 aliphatic rings. The quantitative estimate of drug-likeness (QED) is 0.551. The van der Waals surface area contributed by atoms with Crippen LogP contribution in [0.4, 0.5) is 0 Å². The molecule has 27 heavy (non-hydrogen) atoms. The van der Waals surface area contributed by atoms with Crippen LogP contribution in [0.2, 0.25) is 0 Å². The molecule has 0 atom stereocenters. The van der Waals surface area contributed by atoms with Crippen LogP contribution in [0.3, 0.4) is 0 Å². The molecule has 4 aromatic heterocycles. The third kappa shape index (κ3) is 2.81. The van der Waals surface area contributed by atoms with E-state index in [0.29, 0.717) is 33.7 Å². The maximum absolute atomic E-state index is 12.6. The molecule has 0 amide bonds. The zero-order valence-corrected chi connectivity index (χ0v) is 15.7. The zero-order valence-electron chi connectivity index (χ0n) is 14.9. The Morgan fingerprint density at radius 1 is 1.26 bits per heavy atom. The molecule has 140 valence electrons. The summed E-state index contributed by atoms with van der Waals surface area (Å²) >= 11 is 1.41. The van der Waals surface area contributed by atoms with E-state index in [9.17, 15) is 14.4 Å². The lowest BCUT2D eigenvalue weighted by Gasteiger charge is -2.05. The standard InChI is InChI=1S/C17H18N6O3S/c1-3-4-6-23-13-12(14(24)20-17(23)26)21(2)11(19-13)8-22-9-18-15-10(16(22)25)5-7-27-15/h5,7,9H,3-4,6,8H2,1-2H3,(H,20,24,26). The molecule has 1 N–H and O–H groups in total. The van der Waals surface area contributed by atoms with Crippen LogP contribution in [0.25, 0.3) is 21.4 Å². The fraction of sp³-hybridized carbons (Fsp3) is 0.353. The van der Waals surface area contributed by atoms with Crippen LogP contribution in [-0.4, -0.2) is 28.7 Å². The topological polar surface area (TPSA) is 108 Å². The van der Waals surface area contributed by atoms with Crippen molar-refractivity contribution in [3.8, 4) is 0 Å². The van der Waals surface area contributed by atoms with Crippen molar-refractivity contribution >= 4 is 32.7 Å². The van der Waals surface area contributed by atoms with Gasteiger partial charge in [-0.15, -0.1) is 11.3 Å². The fourth-order valence-electron chi connectivity index (χ4n) is 3.11. The number of unbranched alkanes of at least 4 members (excludes halogenated alkanes) is 1. The van der Waals surface area contributed by atoms with Gasteiger partial charge in [-0.25, -0.2) is 14.8 Å². The highest BCUT2D eigenvalue weighted by atomic mass is 32.1. The Balaban J connectivity index is 1.87. The summed E-state index contributed by atoms with van der Waals surface area (Å²) in [5.41, 5.74) is -0.455. The van der Waals surface area contributed by atoms with Gasteiger partial charge in [-0.1, -0.05) is 13.3 Å². The van der Waals surface area contributed by atoms with Gasteiger partial charge in [0.1, 0.15) is 10.7 Å². The minimum atomic E-state index is -0.484. The van der Waals surface area contributed by atoms with Gasteiger partial charge in [0.15, 0.2) is 11.2 Å². The second kappa shape index (κ2) is 6.62. The number of hydrogen-bond acceptors (Lipinski definition) is 6. The lowest BCUT2D eigenvalue weighted by atomic mass is 10.3. The second-order valence-electron chi connectivity index (χ2n) is 6.34. The van der Waals surface area contributed by atoms with Crippen molar-refractivity contribution in [2.45, 2.75) is 32.9 Å². The summed E-state index contributed by atoms with van der Waals surface area (Å²) in [4.78, 5) is 49.0. The maximum atomic E-state index is 12.6. The van der Waals surface area contributed by atoms with Crippen LogP contribution in [0.15, 0.2) is 32.2 Å². The number of imidazole rings is 1. The van der Waals surface area contributed by atoms with Gasteiger partial charge >= 0.3 is 5.69 Å². The molecule has 0 fully saturated rings. The molecular weight excluding hydrogens is 368 g/mol. The van der Waals surface area contributed by atoms with E-state index in [1.807, 2.05) is 12.3 Å². The van der Waals surface area contributed by atoms with Gasteiger partial charge < -0.3 is 4.57 Å². The van der Waals surface area contributed by atoms with Crippen LogP contribution < -0.4 is 16.8 Å². The van der Waals surface area contributed by atoms with Crippen molar-refractivity contribution in [3.63, 3.8) is 0 Å². The molecule has 0 saturated heterocycles. The monoisotopic (exact) mass is 386 g/mol. The smallest absolute Gasteiger partial charge is 0.324 e. The molecular formula is C17H18N6O3S. The maximum Gasteiger partial charge on any atom is 0.330 e. The van der Waals surface area contributed by atoms with Crippen LogP contribution in [0, 0.1) is 0 Å². The zero-order chi connectivity index (χ0) is 19.1. The van der Waals surface area contributed by atoms with Gasteiger partial charge in [0.25, 0.3) is 11.1 Å². The summed E-state index contributed by atoms with van der Waals surface area (Å²) in [5, 5.41) is 2.38. The number of rotatable bonds is 5. The van der Waals surface area contributed by atoms with E-state index in [4.69, 9.17) is 0 Å². The summed E-state index contributed by atoms with van der Waals surface area (Å²) in [6, 6.07) is 1.74. The number of H-pyrrole nitrogens is 1. The van der Waals surface area contributed by atoms with Crippen LogP contribution in [0.1, 0.15) is 25.6 Å². The fourth-order valence-corrected chi connectivity index (χ4v) is 3.84. The van der Waals surface area contributed by atoms with Crippen molar-refractivity contribution in [3.05, 3.63) is 54.8 Å². The molecule has 10 heteroatoms. The van der Waals surface area contributed by atoms with E-state index in [0.717, 1.165) is 12.8 Å². The number of hydrogen-bond donors (Lipinski definition) is 1. The highest BCUT2D eigenvalue weighted by Crippen LogP contribution is 2.15. The molecule has 0 unspecified atom stereocenters. The van der Waals surface area contributed by atoms with Gasteiger partial charge in [-0.05, 0) is 17.9 Å². The number of fused-ring (bicyclic) bond motifs is 2. The van der Waals surface area contributed by atoms with Crippen molar-refractivity contribution in [1.29, 1.82) is 0 Å². The highest BCUT2D eigenvalue weighted by molar-refractivity contribution is 7.16. The van der Waals surface area contributed by atoms with E-state index in [1.165, 1.54) is 26.8 Å². The molecule has 0 spiro atoms. The van der Waals surface area contributed by atoms with Crippen LogP contribution >= 0.6 is 11.3 Å². The molecule has 0 saturated carbocycles. The molecule has 9 nitrogen and oxygen atoms in total. The third-order valence-corrected chi connectivity index (χ3v) is 5.42. The molecule has 0 aromatic carbocycles. The van der Waals surface area contributed by atoms with Crippen molar-refractivity contribution < 1.29 is 0 Å². The molecule has 0 aliphatic heterocycles. The minimum absolute atomic E-state index is 0.157. The van der Waals surface area contributed by atoms with Crippen LogP contribution in [0.5, 0.6) is 0 Å². The number of nitrogens with one attached hydrogen (secondary N) is 1. The Hall–Kier alpha value is -3.01. The van der Waals surface area contributed by atoms with Crippen LogP contribution in [-0.2, 0) is 20.1 Å². The summed E-state index contributed by atoms with van der Waals surface area (Å²) < 4.78 is 4.56. The third-order valence-electron chi connectivity index (χ3n) is 4.60. The number of nitrogens with zero attached hydrogens (tertiary/aromatic N) is 5. The second-order valence-corrected chi connectivity index (χ2v) is 7.24. The first kappa shape index (κ1) is 17.4. The van der Waals surface area contributed by atoms with E-state index >= 15 is 0 Å². The molecule has 4 aromatic rings. The first-order valence-electron chi connectivity index (χ1n) is 8.62. The number of aromatic nitrogens is 6. The summed E-state index contributed by atoms with van der Waals surface area (Å²) in [7, 11) is 1.70. The van der Waals surface area contributed by atoms with Gasteiger partial charge in [0.05, 0.1) is 18.3 Å². The number of aryl methyl sites for hydroxylation is 2. The van der Waals surface area contributed by atoms with Crippen molar-refractivity contribution in [2.75, 3.05) is 0 Å². The Morgan fingerprint density at radius 2 is 2.07 bits per heavy atom. The number of thiophene rings is 1. The first-order chi connectivity index (χ1) is 13.0. The van der Waals surface area contributed by atoms with E-state index < -0.39 is 11.2 Å². The average molecular weight is 386 g/mol.